The van der Waals surface area contributed by atoms with Crippen molar-refractivity contribution in [2.45, 2.75) is 38.5 Å². The Hall–Kier alpha value is -2.02. The van der Waals surface area contributed by atoms with Crippen molar-refractivity contribution in [3.05, 3.63) is 69.0 Å². The van der Waals surface area contributed by atoms with Crippen molar-refractivity contribution in [2.75, 3.05) is 5.75 Å². The molecule has 0 saturated heterocycles. The van der Waals surface area contributed by atoms with Gasteiger partial charge in [-0.25, -0.2) is 0 Å². The van der Waals surface area contributed by atoms with Gasteiger partial charge in [-0.05, 0) is 42.2 Å². The van der Waals surface area contributed by atoms with E-state index >= 15 is 0 Å². The molecule has 8 heteroatoms. The summed E-state index contributed by atoms with van der Waals surface area (Å²) in [4.78, 5) is 0. The number of ether oxygens (including phenoxy) is 1. The summed E-state index contributed by atoms with van der Waals surface area (Å²) >= 11 is 14.0. The van der Waals surface area contributed by atoms with Crippen LogP contribution in [0.3, 0.4) is 0 Å². The molecule has 29 heavy (non-hydrogen) atoms. The molecule has 0 radical (unpaired) electrons. The van der Waals surface area contributed by atoms with E-state index < -0.39 is 0 Å². The molecule has 0 unspecified atom stereocenters. The lowest BCUT2D eigenvalue weighted by atomic mass is 10.0. The van der Waals surface area contributed by atoms with Crippen molar-refractivity contribution in [1.82, 2.24) is 14.9 Å². The Balaban J connectivity index is 1.61. The predicted octanol–water partition coefficient (Wildman–Crippen LogP) is 5.95. The van der Waals surface area contributed by atoms with Gasteiger partial charge in [-0.15, -0.1) is 10.2 Å². The second-order valence-electron chi connectivity index (χ2n) is 7.15. The number of aryl methyl sites for hydroxylation is 1. The molecule has 150 valence electrons. The fourth-order valence-corrected chi connectivity index (χ4v) is 4.46. The van der Waals surface area contributed by atoms with Gasteiger partial charge >= 0.3 is 0 Å². The van der Waals surface area contributed by atoms with Crippen molar-refractivity contribution in [3.63, 3.8) is 0 Å². The van der Waals surface area contributed by atoms with Crippen LogP contribution in [0.2, 0.25) is 10.0 Å². The highest BCUT2D eigenvalue weighted by Crippen LogP contribution is 2.30. The van der Waals surface area contributed by atoms with E-state index in [0.717, 1.165) is 27.7 Å². The van der Waals surface area contributed by atoms with E-state index in [2.05, 4.69) is 49.2 Å². The van der Waals surface area contributed by atoms with E-state index in [1.807, 2.05) is 12.1 Å². The summed E-state index contributed by atoms with van der Waals surface area (Å²) in [6.45, 7) is 6.64. The number of halogens is 2. The Bertz CT molecular complexity index is 1090. The van der Waals surface area contributed by atoms with Crippen LogP contribution in [0, 0.1) is 6.92 Å². The zero-order valence-corrected chi connectivity index (χ0v) is 18.6. The van der Waals surface area contributed by atoms with Gasteiger partial charge in [0.2, 0.25) is 5.16 Å². The number of aromatic nitrogens is 3. The molecule has 3 aromatic rings. The van der Waals surface area contributed by atoms with Crippen LogP contribution in [0.15, 0.2) is 46.7 Å². The van der Waals surface area contributed by atoms with Crippen LogP contribution in [0.1, 0.15) is 42.3 Å². The maximum absolute atomic E-state index is 6.37. The highest BCUT2D eigenvalue weighted by atomic mass is 35.5. The molecular formula is C21H20Cl2N4OS. The second-order valence-corrected chi connectivity index (χ2v) is 8.94. The van der Waals surface area contributed by atoms with Gasteiger partial charge in [0.05, 0.1) is 10.7 Å². The number of nitrogens with zero attached hydrogens (tertiary/aromatic N) is 4. The highest BCUT2D eigenvalue weighted by Gasteiger charge is 2.22. The molecule has 5 nitrogen and oxygen atoms in total. The average molecular weight is 447 g/mol. The molecule has 1 aliphatic heterocycles. The fraction of sp³-hybridized carbons (Fsp3) is 0.286. The molecule has 0 N–H and O–H groups in total. The molecular weight excluding hydrogens is 427 g/mol. The highest BCUT2D eigenvalue weighted by molar-refractivity contribution is 7.99. The summed E-state index contributed by atoms with van der Waals surface area (Å²) in [6.07, 6.45) is 0. The topological polar surface area (TPSA) is 52.3 Å². The second kappa shape index (κ2) is 8.38. The van der Waals surface area contributed by atoms with Crippen LogP contribution < -0.4 is 4.74 Å². The number of hydrogen-bond acceptors (Lipinski definition) is 5. The van der Waals surface area contributed by atoms with E-state index in [1.165, 1.54) is 5.56 Å². The first-order valence-electron chi connectivity index (χ1n) is 9.26. The lowest BCUT2D eigenvalue weighted by Crippen LogP contribution is -2.16. The van der Waals surface area contributed by atoms with E-state index in [0.29, 0.717) is 27.5 Å². The summed E-state index contributed by atoms with van der Waals surface area (Å²) in [5, 5.41) is 15.2. The van der Waals surface area contributed by atoms with Gasteiger partial charge in [-0.3, -0.25) is 0 Å². The van der Waals surface area contributed by atoms with Gasteiger partial charge in [0.15, 0.2) is 5.82 Å². The van der Waals surface area contributed by atoms with Crippen LogP contribution in [0.4, 0.5) is 0 Å². The summed E-state index contributed by atoms with van der Waals surface area (Å²) in [5.74, 6) is 2.54. The zero-order valence-electron chi connectivity index (χ0n) is 16.3. The summed E-state index contributed by atoms with van der Waals surface area (Å²) in [6, 6.07) is 11.7. The van der Waals surface area contributed by atoms with Crippen LogP contribution in [0.25, 0.3) is 0 Å². The molecule has 0 atom stereocenters. The Morgan fingerprint density at radius 1 is 1.14 bits per heavy atom. The van der Waals surface area contributed by atoms with Gasteiger partial charge in [0, 0.05) is 16.3 Å². The number of hydrogen-bond donors (Lipinski definition) is 0. The average Bonchev–Trinajstić information content (AvgIpc) is 3.08. The first kappa shape index (κ1) is 20.3. The minimum absolute atomic E-state index is 0.280. The van der Waals surface area contributed by atoms with E-state index in [4.69, 9.17) is 33.0 Å². The quantitative estimate of drug-likeness (QED) is 0.485. The number of fused-ring (bicyclic) bond motifs is 1. The Labute approximate surface area is 184 Å². The lowest BCUT2D eigenvalue weighted by Gasteiger charge is -2.16. The summed E-state index contributed by atoms with van der Waals surface area (Å²) in [7, 11) is 0. The van der Waals surface area contributed by atoms with E-state index in [9.17, 15) is 0 Å². The van der Waals surface area contributed by atoms with Crippen molar-refractivity contribution in [1.29, 1.82) is 0 Å². The first-order valence-corrected chi connectivity index (χ1v) is 11.0. The van der Waals surface area contributed by atoms with Crippen LogP contribution in [-0.2, 0) is 6.61 Å². The summed E-state index contributed by atoms with van der Waals surface area (Å²) < 4.78 is 7.86. The zero-order chi connectivity index (χ0) is 20.5. The van der Waals surface area contributed by atoms with Crippen LogP contribution in [0.5, 0.6) is 5.75 Å². The molecule has 0 aliphatic carbocycles. The molecule has 0 bridgehead atoms. The molecule has 0 saturated carbocycles. The van der Waals surface area contributed by atoms with Gasteiger partial charge in [0.25, 0.3) is 0 Å². The van der Waals surface area contributed by atoms with Crippen molar-refractivity contribution in [3.8, 4) is 5.75 Å². The number of thioether (sulfide) groups is 1. The van der Waals surface area contributed by atoms with Crippen molar-refractivity contribution in [2.24, 2.45) is 5.10 Å². The molecule has 2 aromatic carbocycles. The minimum atomic E-state index is 0.280. The standard InChI is InChI=1S/C21H20Cl2N4OS/c1-12(2)15-6-4-13(3)8-19(15)28-10-20-24-25-21-27(20)26-18(11-29-21)16-7-5-14(22)9-17(16)23/h4-9,12H,10-11H2,1-3H3. The normalized spacial score (nSPS) is 13.4. The van der Waals surface area contributed by atoms with Crippen LogP contribution >= 0.6 is 35.0 Å². The largest absolute Gasteiger partial charge is 0.485 e. The van der Waals surface area contributed by atoms with E-state index in [-0.39, 0.29) is 6.61 Å². The molecule has 2 heterocycles. The van der Waals surface area contributed by atoms with E-state index in [1.54, 1.807) is 22.5 Å². The smallest absolute Gasteiger partial charge is 0.212 e. The van der Waals surface area contributed by atoms with Crippen LogP contribution in [-0.4, -0.2) is 26.3 Å². The number of rotatable bonds is 5. The third-order valence-electron chi connectivity index (χ3n) is 4.63. The summed E-state index contributed by atoms with van der Waals surface area (Å²) in [5.41, 5.74) is 4.03. The third-order valence-corrected chi connectivity index (χ3v) is 6.10. The van der Waals surface area contributed by atoms with Crippen molar-refractivity contribution < 1.29 is 4.74 Å². The maximum atomic E-state index is 6.37. The van der Waals surface area contributed by atoms with Crippen molar-refractivity contribution >= 4 is 40.7 Å². The van der Waals surface area contributed by atoms with Gasteiger partial charge in [-0.2, -0.15) is 9.78 Å². The maximum Gasteiger partial charge on any atom is 0.212 e. The van der Waals surface area contributed by atoms with Gasteiger partial charge in [0.1, 0.15) is 12.4 Å². The number of benzene rings is 2. The molecule has 1 aliphatic rings. The molecule has 0 amide bonds. The lowest BCUT2D eigenvalue weighted by molar-refractivity contribution is 0.285. The predicted molar refractivity (Wildman–Crippen MR) is 119 cm³/mol. The Kier molecular flexibility index (Phi) is 5.86. The Morgan fingerprint density at radius 3 is 2.72 bits per heavy atom. The SMILES string of the molecule is Cc1ccc(C(C)C)c(OCc2nnc3n2N=C(c2ccc(Cl)cc2Cl)CS3)c1. The molecule has 4 rings (SSSR count). The van der Waals surface area contributed by atoms with Gasteiger partial charge in [-0.1, -0.05) is 67.0 Å². The molecule has 1 aromatic heterocycles. The first-order chi connectivity index (χ1) is 13.9. The molecule has 0 spiro atoms. The monoisotopic (exact) mass is 446 g/mol. The Morgan fingerprint density at radius 2 is 1.97 bits per heavy atom. The molecule has 0 fully saturated rings. The fourth-order valence-electron chi connectivity index (χ4n) is 3.10. The minimum Gasteiger partial charge on any atom is -0.485 e. The van der Waals surface area contributed by atoms with Gasteiger partial charge < -0.3 is 4.74 Å². The third kappa shape index (κ3) is 4.29.